The molecule has 1 unspecified atom stereocenters. The van der Waals surface area contributed by atoms with E-state index in [4.69, 9.17) is 16.2 Å². The number of nitrogens with two attached hydrogens (primary N) is 2. The number of rotatable bonds is 8. The third-order valence-electron chi connectivity index (χ3n) is 7.09. The van der Waals surface area contributed by atoms with Gasteiger partial charge in [-0.1, -0.05) is 11.3 Å². The first kappa shape index (κ1) is 30.8. The average molecular weight is 642 g/mol. The summed E-state index contributed by atoms with van der Waals surface area (Å²) in [5, 5.41) is 13.1. The lowest BCUT2D eigenvalue weighted by atomic mass is 9.81. The van der Waals surface area contributed by atoms with E-state index in [0.29, 0.717) is 0 Å². The number of fused-ring (bicyclic) bond motifs is 2. The number of aromatic nitrogens is 2. The summed E-state index contributed by atoms with van der Waals surface area (Å²) in [6.07, 6.45) is -5.47. The number of pyridine rings is 1. The number of anilines is 1. The minimum Gasteiger partial charge on any atom is -0.489 e. The Labute approximate surface area is 247 Å². The first-order chi connectivity index (χ1) is 20.5. The Balaban J connectivity index is 1.58. The van der Waals surface area contributed by atoms with E-state index in [-0.39, 0.29) is 44.5 Å². The minimum absolute atomic E-state index is 0.0466. The molecule has 0 radical (unpaired) electrons. The van der Waals surface area contributed by atoms with Crippen LogP contribution in [0.1, 0.15) is 28.5 Å². The van der Waals surface area contributed by atoms with Crippen molar-refractivity contribution < 1.29 is 50.5 Å². The number of hydrogen-bond acceptors (Lipinski definition) is 9. The fourth-order valence-electron chi connectivity index (χ4n) is 4.58. The Bertz CT molecular complexity index is 1780. The van der Waals surface area contributed by atoms with Crippen molar-refractivity contribution in [1.29, 1.82) is 0 Å². The third-order valence-corrected chi connectivity index (χ3v) is 7.92. The van der Waals surface area contributed by atoms with Crippen LogP contribution < -0.4 is 26.3 Å². The topological polar surface area (TPSA) is 163 Å². The number of ether oxygens (including phenoxy) is 2. The standard InChI is InChI=1S/C27H21F6N5O5S/c1-25(22(34)40)10-42-20-14(25)8-17(37-18(20)11-2-4-13(28)5-3-11)26(41,27(31,32)33)9-36-21(39)12-6-15(43-23(29)30)19-16(7-12)44-24(35)38-19/h2-8,23,41H,9-10H2,1H3,(H2,34,40)(H2,35,38)(H,36,39)/t25-,26?/m0/s1. The number of thiazole rings is 1. The summed E-state index contributed by atoms with van der Waals surface area (Å²) in [6, 6.07) is 7.26. The van der Waals surface area contributed by atoms with Crippen LogP contribution in [0.3, 0.4) is 0 Å². The van der Waals surface area contributed by atoms with E-state index in [9.17, 15) is 41.0 Å². The molecule has 2 aromatic heterocycles. The molecule has 2 aromatic carbocycles. The van der Waals surface area contributed by atoms with Crippen molar-refractivity contribution in [3.05, 3.63) is 65.1 Å². The molecule has 0 aliphatic carbocycles. The smallest absolute Gasteiger partial charge is 0.424 e. The zero-order valence-corrected chi connectivity index (χ0v) is 23.2. The SMILES string of the molecule is C[C@]1(C(N)=O)COc2c1cc(C(O)(CNC(=O)c1cc(OC(F)F)c3nc(N)sc3c1)C(F)(F)F)nc2-c1ccc(F)cc1. The summed E-state index contributed by atoms with van der Waals surface area (Å²) in [7, 11) is 0. The maximum atomic E-state index is 14.6. The monoisotopic (exact) mass is 641 g/mol. The largest absolute Gasteiger partial charge is 0.489 e. The zero-order valence-electron chi connectivity index (χ0n) is 22.3. The fourth-order valence-corrected chi connectivity index (χ4v) is 5.37. The number of nitrogens with one attached hydrogen (secondary N) is 1. The van der Waals surface area contributed by atoms with Crippen LogP contribution in [0.25, 0.3) is 21.5 Å². The van der Waals surface area contributed by atoms with E-state index in [1.54, 1.807) is 0 Å². The summed E-state index contributed by atoms with van der Waals surface area (Å²) in [5.74, 6) is -3.44. The predicted octanol–water partition coefficient (Wildman–Crippen LogP) is 4.00. The van der Waals surface area contributed by atoms with Gasteiger partial charge in [-0.05, 0) is 49.4 Å². The molecule has 0 saturated heterocycles. The summed E-state index contributed by atoms with van der Waals surface area (Å²) in [5.41, 5.74) is 3.87. The number of nitrogens with zero attached hydrogens (tertiary/aromatic N) is 2. The van der Waals surface area contributed by atoms with Gasteiger partial charge in [-0.2, -0.15) is 22.0 Å². The van der Waals surface area contributed by atoms with E-state index < -0.39 is 65.0 Å². The van der Waals surface area contributed by atoms with E-state index in [1.807, 2.05) is 5.32 Å². The normalized spacial score (nSPS) is 17.7. The first-order valence-corrected chi connectivity index (χ1v) is 13.3. The van der Waals surface area contributed by atoms with Gasteiger partial charge in [0.05, 0.1) is 16.9 Å². The minimum atomic E-state index is -5.47. The van der Waals surface area contributed by atoms with Crippen LogP contribution in [0.5, 0.6) is 11.5 Å². The van der Waals surface area contributed by atoms with Gasteiger partial charge >= 0.3 is 12.8 Å². The predicted molar refractivity (Wildman–Crippen MR) is 145 cm³/mol. The highest BCUT2D eigenvalue weighted by molar-refractivity contribution is 7.22. The number of alkyl halides is 5. The number of carbonyl (C=O) groups excluding carboxylic acids is 2. The number of nitrogen functional groups attached to an aromatic ring is 1. The summed E-state index contributed by atoms with van der Waals surface area (Å²) in [6.45, 7) is -3.85. The lowest BCUT2D eigenvalue weighted by molar-refractivity contribution is -0.265. The van der Waals surface area contributed by atoms with E-state index >= 15 is 0 Å². The second kappa shape index (κ2) is 10.8. The maximum absolute atomic E-state index is 14.6. The summed E-state index contributed by atoms with van der Waals surface area (Å²) >= 11 is 0.813. The van der Waals surface area contributed by atoms with Crippen molar-refractivity contribution in [2.45, 2.75) is 30.7 Å². The zero-order chi connectivity index (χ0) is 32.2. The molecule has 3 heterocycles. The van der Waals surface area contributed by atoms with E-state index in [2.05, 4.69) is 14.7 Å². The number of carbonyl (C=O) groups is 2. The molecule has 2 amide bonds. The van der Waals surface area contributed by atoms with Crippen molar-refractivity contribution in [2.24, 2.45) is 5.73 Å². The Morgan fingerprint density at radius 2 is 1.86 bits per heavy atom. The molecule has 4 aromatic rings. The molecule has 0 bridgehead atoms. The van der Waals surface area contributed by atoms with Crippen LogP contribution in [-0.2, 0) is 15.8 Å². The second-order valence-electron chi connectivity index (χ2n) is 10.0. The second-order valence-corrected chi connectivity index (χ2v) is 11.1. The highest BCUT2D eigenvalue weighted by Gasteiger charge is 2.57. The van der Waals surface area contributed by atoms with Crippen molar-refractivity contribution in [3.8, 4) is 22.8 Å². The molecule has 0 fully saturated rings. The van der Waals surface area contributed by atoms with Gasteiger partial charge in [-0.3, -0.25) is 9.59 Å². The van der Waals surface area contributed by atoms with Crippen molar-refractivity contribution in [2.75, 3.05) is 18.9 Å². The van der Waals surface area contributed by atoms with Crippen LogP contribution >= 0.6 is 11.3 Å². The van der Waals surface area contributed by atoms with Crippen LogP contribution in [0.2, 0.25) is 0 Å². The Morgan fingerprint density at radius 1 is 1.18 bits per heavy atom. The van der Waals surface area contributed by atoms with E-state index in [1.165, 1.54) is 19.1 Å². The van der Waals surface area contributed by atoms with Crippen LogP contribution in [-0.4, -0.2) is 52.8 Å². The van der Waals surface area contributed by atoms with Crippen LogP contribution in [0, 0.1) is 5.82 Å². The lowest BCUT2D eigenvalue weighted by Gasteiger charge is -2.31. The van der Waals surface area contributed by atoms with Gasteiger partial charge in [-0.15, -0.1) is 0 Å². The molecule has 0 spiro atoms. The van der Waals surface area contributed by atoms with Crippen LogP contribution in [0.15, 0.2) is 42.5 Å². The molecule has 10 nitrogen and oxygen atoms in total. The quantitative estimate of drug-likeness (QED) is 0.210. The fraction of sp³-hybridized carbons (Fsp3) is 0.259. The molecule has 17 heteroatoms. The van der Waals surface area contributed by atoms with Crippen molar-refractivity contribution in [3.63, 3.8) is 0 Å². The molecular weight excluding hydrogens is 620 g/mol. The van der Waals surface area contributed by atoms with Gasteiger partial charge in [0, 0.05) is 16.7 Å². The number of hydrogen-bond donors (Lipinski definition) is 4. The van der Waals surface area contributed by atoms with Gasteiger partial charge in [0.1, 0.15) is 34.8 Å². The number of amides is 2. The lowest BCUT2D eigenvalue weighted by Crippen LogP contribution is -2.51. The maximum Gasteiger partial charge on any atom is 0.424 e. The number of aliphatic hydroxyl groups is 1. The van der Waals surface area contributed by atoms with Crippen molar-refractivity contribution in [1.82, 2.24) is 15.3 Å². The first-order valence-electron chi connectivity index (χ1n) is 12.5. The average Bonchev–Trinajstić information content (AvgIpc) is 3.50. The van der Waals surface area contributed by atoms with Gasteiger partial charge < -0.3 is 31.4 Å². The van der Waals surface area contributed by atoms with Gasteiger partial charge in [-0.25, -0.2) is 14.4 Å². The molecule has 232 valence electrons. The molecule has 0 saturated carbocycles. The Hall–Kier alpha value is -4.64. The van der Waals surface area contributed by atoms with Gasteiger partial charge in [0.25, 0.3) is 5.91 Å². The highest BCUT2D eigenvalue weighted by atomic mass is 32.1. The Kier molecular flexibility index (Phi) is 7.57. The molecule has 2 atom stereocenters. The number of benzene rings is 2. The van der Waals surface area contributed by atoms with Crippen LogP contribution in [0.4, 0.5) is 31.5 Å². The van der Waals surface area contributed by atoms with E-state index in [0.717, 1.165) is 41.7 Å². The molecule has 44 heavy (non-hydrogen) atoms. The Morgan fingerprint density at radius 3 is 2.48 bits per heavy atom. The third kappa shape index (κ3) is 5.32. The highest BCUT2D eigenvalue weighted by Crippen LogP contribution is 2.47. The van der Waals surface area contributed by atoms with Crippen molar-refractivity contribution >= 4 is 38.5 Å². The number of primary amides is 1. The molecular formula is C27H21F6N5O5S. The molecule has 1 aliphatic heterocycles. The molecule has 1 aliphatic rings. The van der Waals surface area contributed by atoms with Gasteiger partial charge in [0.2, 0.25) is 11.5 Å². The molecule has 6 N–H and O–H groups in total. The molecule has 5 rings (SSSR count). The summed E-state index contributed by atoms with van der Waals surface area (Å²) < 4.78 is 93.6. The summed E-state index contributed by atoms with van der Waals surface area (Å²) in [4.78, 5) is 33.2. The number of halogens is 6. The van der Waals surface area contributed by atoms with Gasteiger partial charge in [0.15, 0.2) is 10.9 Å².